The van der Waals surface area contributed by atoms with Gasteiger partial charge in [-0.1, -0.05) is 63.2 Å². The molecule has 5 rings (SSSR count). The van der Waals surface area contributed by atoms with Gasteiger partial charge >= 0.3 is 0 Å². The fourth-order valence-corrected chi connectivity index (χ4v) is 4.77. The maximum atomic E-state index is 13.8. The Kier molecular flexibility index (Phi) is 6.35. The van der Waals surface area contributed by atoms with Crippen molar-refractivity contribution in [2.24, 2.45) is 0 Å². The number of furan rings is 1. The molecule has 1 aliphatic heterocycles. The zero-order valence-corrected chi connectivity index (χ0v) is 22.2. The lowest BCUT2D eigenvalue weighted by Gasteiger charge is -2.28. The molecule has 0 bridgehead atoms. The SMILES string of the molecule is CC(C)Oc1ccc(C2C(C(=O)c3cc4ccccc4o3)=C(O)C(=O)N2c2ccc(C(C)(C)C)cc2)cc1. The largest absolute Gasteiger partial charge is 0.503 e. The lowest BCUT2D eigenvalue weighted by Crippen LogP contribution is -2.31. The molecule has 3 aromatic carbocycles. The smallest absolute Gasteiger partial charge is 0.294 e. The Hall–Kier alpha value is -4.32. The van der Waals surface area contributed by atoms with Crippen LogP contribution in [0.5, 0.6) is 5.75 Å². The summed E-state index contributed by atoms with van der Waals surface area (Å²) < 4.78 is 11.6. The van der Waals surface area contributed by atoms with Gasteiger partial charge < -0.3 is 14.3 Å². The highest BCUT2D eigenvalue weighted by Crippen LogP contribution is 2.43. The normalized spacial score (nSPS) is 16.1. The van der Waals surface area contributed by atoms with Crippen LogP contribution in [-0.2, 0) is 10.2 Å². The van der Waals surface area contributed by atoms with Crippen LogP contribution in [-0.4, -0.2) is 22.9 Å². The van der Waals surface area contributed by atoms with E-state index in [-0.39, 0.29) is 22.9 Å². The van der Waals surface area contributed by atoms with Crippen molar-refractivity contribution in [1.82, 2.24) is 0 Å². The van der Waals surface area contributed by atoms with Gasteiger partial charge in [0.1, 0.15) is 11.3 Å². The molecule has 38 heavy (non-hydrogen) atoms. The lowest BCUT2D eigenvalue weighted by atomic mass is 9.87. The molecule has 1 N–H and O–H groups in total. The third kappa shape index (κ3) is 4.58. The van der Waals surface area contributed by atoms with Gasteiger partial charge in [-0.15, -0.1) is 0 Å². The van der Waals surface area contributed by atoms with E-state index in [4.69, 9.17) is 9.15 Å². The van der Waals surface area contributed by atoms with Crippen molar-refractivity contribution in [2.75, 3.05) is 4.90 Å². The summed E-state index contributed by atoms with van der Waals surface area (Å²) in [4.78, 5) is 28.8. The van der Waals surface area contributed by atoms with Gasteiger partial charge in [-0.05, 0) is 66.8 Å². The summed E-state index contributed by atoms with van der Waals surface area (Å²) in [5.74, 6) is -1.01. The van der Waals surface area contributed by atoms with Crippen molar-refractivity contribution in [2.45, 2.75) is 52.2 Å². The molecular formula is C32H31NO5. The first-order chi connectivity index (χ1) is 18.0. The predicted octanol–water partition coefficient (Wildman–Crippen LogP) is 7.30. The van der Waals surface area contributed by atoms with E-state index in [2.05, 4.69) is 20.8 Å². The summed E-state index contributed by atoms with van der Waals surface area (Å²) in [6, 6.07) is 23.0. The van der Waals surface area contributed by atoms with Gasteiger partial charge in [-0.3, -0.25) is 14.5 Å². The summed E-state index contributed by atoms with van der Waals surface area (Å²) in [6.45, 7) is 10.2. The van der Waals surface area contributed by atoms with E-state index in [0.717, 1.165) is 10.9 Å². The molecule has 2 heterocycles. The van der Waals surface area contributed by atoms with Crippen molar-refractivity contribution in [1.29, 1.82) is 0 Å². The van der Waals surface area contributed by atoms with Crippen LogP contribution in [0, 0.1) is 0 Å². The number of fused-ring (bicyclic) bond motifs is 1. The number of para-hydroxylation sites is 1. The molecule has 0 spiro atoms. The van der Waals surface area contributed by atoms with Gasteiger partial charge in [0.25, 0.3) is 5.91 Å². The first kappa shape index (κ1) is 25.3. The number of rotatable bonds is 6. The van der Waals surface area contributed by atoms with Gasteiger partial charge in [0, 0.05) is 11.1 Å². The van der Waals surface area contributed by atoms with E-state index in [1.165, 1.54) is 4.90 Å². The lowest BCUT2D eigenvalue weighted by molar-refractivity contribution is -0.117. The average molecular weight is 510 g/mol. The van der Waals surface area contributed by atoms with Crippen LogP contribution in [0.15, 0.2) is 94.6 Å². The van der Waals surface area contributed by atoms with Gasteiger partial charge in [0.2, 0.25) is 5.78 Å². The number of aliphatic hydroxyl groups excluding tert-OH is 1. The van der Waals surface area contributed by atoms with Gasteiger partial charge in [0.05, 0.1) is 17.7 Å². The molecule has 1 unspecified atom stereocenters. The second-order valence-electron chi connectivity index (χ2n) is 10.9. The molecule has 0 saturated heterocycles. The number of anilines is 1. The minimum absolute atomic E-state index is 0.000835. The fourth-order valence-electron chi connectivity index (χ4n) is 4.77. The molecule has 0 fully saturated rings. The van der Waals surface area contributed by atoms with Crippen LogP contribution in [0.25, 0.3) is 11.0 Å². The number of ether oxygens (including phenoxy) is 1. The van der Waals surface area contributed by atoms with E-state index in [1.54, 1.807) is 24.3 Å². The van der Waals surface area contributed by atoms with E-state index < -0.39 is 23.5 Å². The Bertz CT molecular complexity index is 1500. The first-order valence-corrected chi connectivity index (χ1v) is 12.7. The maximum absolute atomic E-state index is 13.8. The van der Waals surface area contributed by atoms with Crippen molar-refractivity contribution < 1.29 is 23.8 Å². The van der Waals surface area contributed by atoms with Crippen LogP contribution in [0.2, 0.25) is 0 Å². The number of nitrogens with zero attached hydrogens (tertiary/aromatic N) is 1. The molecule has 194 valence electrons. The summed E-state index contributed by atoms with van der Waals surface area (Å²) in [6.07, 6.45) is 0.000835. The highest BCUT2D eigenvalue weighted by molar-refractivity contribution is 6.20. The zero-order valence-electron chi connectivity index (χ0n) is 22.2. The second-order valence-corrected chi connectivity index (χ2v) is 10.9. The number of hydrogen-bond donors (Lipinski definition) is 1. The first-order valence-electron chi connectivity index (χ1n) is 12.7. The van der Waals surface area contributed by atoms with Crippen molar-refractivity contribution >= 4 is 28.3 Å². The van der Waals surface area contributed by atoms with E-state index in [9.17, 15) is 14.7 Å². The third-order valence-corrected chi connectivity index (χ3v) is 6.68. The molecular weight excluding hydrogens is 478 g/mol. The minimum Gasteiger partial charge on any atom is -0.503 e. The summed E-state index contributed by atoms with van der Waals surface area (Å²) in [5, 5.41) is 11.9. The number of carbonyl (C=O) groups excluding carboxylic acids is 2. The van der Waals surface area contributed by atoms with Crippen LogP contribution in [0.3, 0.4) is 0 Å². The molecule has 1 amide bonds. The number of ketones is 1. The quantitative estimate of drug-likeness (QED) is 0.276. The predicted molar refractivity (Wildman–Crippen MR) is 148 cm³/mol. The van der Waals surface area contributed by atoms with Crippen molar-refractivity contribution in [3.05, 3.63) is 107 Å². The Balaban J connectivity index is 1.61. The van der Waals surface area contributed by atoms with Crippen LogP contribution >= 0.6 is 0 Å². The Morgan fingerprint density at radius 3 is 2.24 bits per heavy atom. The molecule has 4 aromatic rings. The van der Waals surface area contributed by atoms with E-state index in [1.807, 2.05) is 68.4 Å². The van der Waals surface area contributed by atoms with E-state index >= 15 is 0 Å². The van der Waals surface area contributed by atoms with E-state index in [0.29, 0.717) is 22.6 Å². The third-order valence-electron chi connectivity index (χ3n) is 6.68. The molecule has 1 atom stereocenters. The number of carbonyl (C=O) groups is 2. The van der Waals surface area contributed by atoms with Crippen molar-refractivity contribution in [3.8, 4) is 5.75 Å². The molecule has 6 nitrogen and oxygen atoms in total. The highest BCUT2D eigenvalue weighted by Gasteiger charge is 2.45. The maximum Gasteiger partial charge on any atom is 0.294 e. The zero-order chi connectivity index (χ0) is 27.2. The molecule has 0 saturated carbocycles. The van der Waals surface area contributed by atoms with Gasteiger partial charge in [0.15, 0.2) is 11.5 Å². The second kappa shape index (κ2) is 9.53. The topological polar surface area (TPSA) is 80.0 Å². The van der Waals surface area contributed by atoms with Crippen LogP contribution < -0.4 is 9.64 Å². The Morgan fingerprint density at radius 2 is 1.63 bits per heavy atom. The van der Waals surface area contributed by atoms with Crippen LogP contribution in [0.1, 0.15) is 62.3 Å². The Labute approximate surface area is 222 Å². The Morgan fingerprint density at radius 1 is 0.974 bits per heavy atom. The molecule has 0 aliphatic carbocycles. The summed E-state index contributed by atoms with van der Waals surface area (Å²) in [5.41, 5.74) is 2.82. The summed E-state index contributed by atoms with van der Waals surface area (Å²) >= 11 is 0. The summed E-state index contributed by atoms with van der Waals surface area (Å²) in [7, 11) is 0. The molecule has 0 radical (unpaired) electrons. The van der Waals surface area contributed by atoms with Crippen LogP contribution in [0.4, 0.5) is 5.69 Å². The highest BCUT2D eigenvalue weighted by atomic mass is 16.5. The minimum atomic E-state index is -0.850. The number of amides is 1. The molecule has 6 heteroatoms. The van der Waals surface area contributed by atoms with Crippen molar-refractivity contribution in [3.63, 3.8) is 0 Å². The number of aliphatic hydroxyl groups is 1. The fraction of sp³-hybridized carbons (Fsp3) is 0.250. The standard InChI is InChI=1S/C32H31NO5/c1-19(2)37-24-16-10-20(11-17-24)28-27(29(34)26-18-21-8-6-7-9-25(21)38-26)30(35)31(36)33(28)23-14-12-22(13-15-23)32(3,4)5/h6-19,28,35H,1-5H3. The number of Topliss-reactive ketones (excluding diaryl/α,β-unsaturated/α-hetero) is 1. The monoisotopic (exact) mass is 509 g/mol. The van der Waals surface area contributed by atoms with Gasteiger partial charge in [-0.2, -0.15) is 0 Å². The number of hydrogen-bond acceptors (Lipinski definition) is 5. The molecule has 1 aromatic heterocycles. The number of benzene rings is 3. The van der Waals surface area contributed by atoms with Gasteiger partial charge in [-0.25, -0.2) is 0 Å². The molecule has 1 aliphatic rings. The average Bonchev–Trinajstić information content (AvgIpc) is 3.42.